The zero-order valence-corrected chi connectivity index (χ0v) is 10.0. The third-order valence-electron chi connectivity index (χ3n) is 2.84. The van der Waals surface area contributed by atoms with E-state index < -0.39 is 0 Å². The van der Waals surface area contributed by atoms with E-state index >= 15 is 0 Å². The number of aryl methyl sites for hydroxylation is 2. The van der Waals surface area contributed by atoms with Crippen molar-refractivity contribution in [3.8, 4) is 0 Å². The maximum atomic E-state index is 10.9. The van der Waals surface area contributed by atoms with Gasteiger partial charge in [0.25, 0.3) is 0 Å². The van der Waals surface area contributed by atoms with E-state index in [0.717, 1.165) is 29.2 Å². The summed E-state index contributed by atoms with van der Waals surface area (Å²) in [5.74, 6) is 0. The molecule has 0 bridgehead atoms. The summed E-state index contributed by atoms with van der Waals surface area (Å²) in [5, 5.41) is 1.29. The minimum absolute atomic E-state index is 0.282. The van der Waals surface area contributed by atoms with Gasteiger partial charge in [-0.2, -0.15) is 0 Å². The van der Waals surface area contributed by atoms with Gasteiger partial charge < -0.3 is 0 Å². The lowest BCUT2D eigenvalue weighted by Crippen LogP contribution is -1.95. The summed E-state index contributed by atoms with van der Waals surface area (Å²) >= 11 is 5.94. The molecule has 0 atom stereocenters. The van der Waals surface area contributed by atoms with Crippen LogP contribution in [0, 0.1) is 6.92 Å². The molecule has 2 nitrogen and oxygen atoms in total. The molecule has 1 heterocycles. The highest BCUT2D eigenvalue weighted by Gasteiger charge is 2.09. The average Bonchev–Trinajstić information content (AvgIpc) is 2.29. The van der Waals surface area contributed by atoms with Gasteiger partial charge >= 0.3 is 0 Å². The maximum absolute atomic E-state index is 10.9. The highest BCUT2D eigenvalue weighted by Crippen LogP contribution is 2.25. The van der Waals surface area contributed by atoms with Crippen LogP contribution in [-0.2, 0) is 6.42 Å². The predicted molar refractivity (Wildman–Crippen MR) is 66.3 cm³/mol. The molecule has 0 saturated heterocycles. The van der Waals surface area contributed by atoms with Gasteiger partial charge in [0, 0.05) is 5.39 Å². The summed E-state index contributed by atoms with van der Waals surface area (Å²) in [6, 6.07) is 6.05. The van der Waals surface area contributed by atoms with E-state index in [1.807, 2.05) is 19.1 Å². The summed E-state index contributed by atoms with van der Waals surface area (Å²) in [5.41, 5.74) is 3.46. The zero-order valence-electron chi connectivity index (χ0n) is 9.25. The van der Waals surface area contributed by atoms with Crippen molar-refractivity contribution < 1.29 is 4.79 Å². The minimum Gasteiger partial charge on any atom is -0.298 e. The quantitative estimate of drug-likeness (QED) is 0.586. The van der Waals surface area contributed by atoms with E-state index in [1.165, 1.54) is 5.56 Å². The lowest BCUT2D eigenvalue weighted by Gasteiger charge is -2.07. The van der Waals surface area contributed by atoms with E-state index in [2.05, 4.69) is 18.0 Å². The molecule has 2 aromatic rings. The Morgan fingerprint density at radius 3 is 2.81 bits per heavy atom. The molecule has 0 aliphatic carbocycles. The lowest BCUT2D eigenvalue weighted by atomic mass is 10.0. The van der Waals surface area contributed by atoms with Crippen LogP contribution in [0.2, 0.25) is 5.15 Å². The molecule has 1 aromatic carbocycles. The smallest absolute Gasteiger partial charge is 0.153 e. The Hall–Kier alpha value is -1.41. The van der Waals surface area contributed by atoms with Crippen LogP contribution < -0.4 is 0 Å². The van der Waals surface area contributed by atoms with Gasteiger partial charge in [-0.1, -0.05) is 24.6 Å². The molecule has 0 aliphatic heterocycles. The van der Waals surface area contributed by atoms with Crippen molar-refractivity contribution in [1.29, 1.82) is 0 Å². The number of rotatable bonds is 2. The number of nitrogens with zero attached hydrogens (tertiary/aromatic N) is 1. The Kier molecular flexibility index (Phi) is 2.92. The fourth-order valence-corrected chi connectivity index (χ4v) is 2.08. The highest BCUT2D eigenvalue weighted by atomic mass is 35.5. The molecule has 0 N–H and O–H groups in total. The molecule has 82 valence electrons. The van der Waals surface area contributed by atoms with Crippen molar-refractivity contribution in [1.82, 2.24) is 4.98 Å². The third kappa shape index (κ3) is 1.69. The molecule has 0 fully saturated rings. The zero-order chi connectivity index (χ0) is 11.7. The summed E-state index contributed by atoms with van der Waals surface area (Å²) in [7, 11) is 0. The molecule has 0 amide bonds. The monoisotopic (exact) mass is 233 g/mol. The number of hydrogen-bond donors (Lipinski definition) is 0. The molecule has 16 heavy (non-hydrogen) atoms. The second kappa shape index (κ2) is 4.22. The Bertz CT molecular complexity index is 563. The number of carbonyl (C=O) groups excluding carboxylic acids is 1. The van der Waals surface area contributed by atoms with E-state index in [0.29, 0.717) is 5.56 Å². The number of benzene rings is 1. The summed E-state index contributed by atoms with van der Waals surface area (Å²) in [6.45, 7) is 4.00. The normalized spacial score (nSPS) is 10.7. The van der Waals surface area contributed by atoms with E-state index in [-0.39, 0.29) is 5.15 Å². The topological polar surface area (TPSA) is 30.0 Å². The molecule has 0 spiro atoms. The van der Waals surface area contributed by atoms with Crippen molar-refractivity contribution in [3.63, 3.8) is 0 Å². The molecule has 3 heteroatoms. The van der Waals surface area contributed by atoms with Gasteiger partial charge in [0.1, 0.15) is 5.15 Å². The number of aldehydes is 1. The van der Waals surface area contributed by atoms with Crippen molar-refractivity contribution in [2.24, 2.45) is 0 Å². The molecule has 0 aliphatic rings. The Morgan fingerprint density at radius 2 is 2.19 bits per heavy atom. The second-order valence-electron chi connectivity index (χ2n) is 3.76. The van der Waals surface area contributed by atoms with Gasteiger partial charge in [0.05, 0.1) is 11.1 Å². The van der Waals surface area contributed by atoms with Crippen LogP contribution in [0.15, 0.2) is 18.2 Å². The lowest BCUT2D eigenvalue weighted by molar-refractivity contribution is 0.112. The third-order valence-corrected chi connectivity index (χ3v) is 3.12. The highest BCUT2D eigenvalue weighted by molar-refractivity contribution is 6.32. The Labute approximate surface area is 99.3 Å². The SMILES string of the molecule is CCc1ccc2nc(Cl)c(C=O)c(C)c2c1. The number of fused-ring (bicyclic) bond motifs is 1. The number of halogens is 1. The fourth-order valence-electron chi connectivity index (χ4n) is 1.80. The molecule has 0 unspecified atom stereocenters. The van der Waals surface area contributed by atoms with Crippen molar-refractivity contribution in [3.05, 3.63) is 40.0 Å². The van der Waals surface area contributed by atoms with Crippen LogP contribution in [0.25, 0.3) is 10.9 Å². The minimum atomic E-state index is 0.282. The maximum Gasteiger partial charge on any atom is 0.153 e. The number of pyridine rings is 1. The summed E-state index contributed by atoms with van der Waals surface area (Å²) < 4.78 is 0. The molecule has 1 aromatic heterocycles. The van der Waals surface area contributed by atoms with Crippen LogP contribution in [-0.4, -0.2) is 11.3 Å². The van der Waals surface area contributed by atoms with Crippen LogP contribution in [0.1, 0.15) is 28.4 Å². The van der Waals surface area contributed by atoms with Crippen molar-refractivity contribution >= 4 is 28.8 Å². The van der Waals surface area contributed by atoms with E-state index in [1.54, 1.807) is 0 Å². The number of aromatic nitrogens is 1. The molecule has 0 saturated carbocycles. The van der Waals surface area contributed by atoms with Crippen LogP contribution in [0.3, 0.4) is 0 Å². The standard InChI is InChI=1S/C13H12ClNO/c1-3-9-4-5-12-10(6-9)8(2)11(7-16)13(14)15-12/h4-7H,3H2,1-2H3. The first kappa shape index (κ1) is 11.1. The molecular formula is C13H12ClNO. The van der Waals surface area contributed by atoms with Crippen LogP contribution in [0.4, 0.5) is 0 Å². The predicted octanol–water partition coefficient (Wildman–Crippen LogP) is 3.57. The fraction of sp³-hybridized carbons (Fsp3) is 0.231. The first-order valence-corrected chi connectivity index (χ1v) is 5.59. The second-order valence-corrected chi connectivity index (χ2v) is 4.12. The van der Waals surface area contributed by atoms with Gasteiger partial charge in [-0.3, -0.25) is 4.79 Å². The van der Waals surface area contributed by atoms with Gasteiger partial charge in [0.2, 0.25) is 0 Å². The van der Waals surface area contributed by atoms with Gasteiger partial charge in [-0.15, -0.1) is 0 Å². The Balaban J connectivity index is 2.83. The number of carbonyl (C=O) groups is 1. The first-order valence-electron chi connectivity index (χ1n) is 5.21. The average molecular weight is 234 g/mol. The van der Waals surface area contributed by atoms with Crippen molar-refractivity contribution in [2.45, 2.75) is 20.3 Å². The van der Waals surface area contributed by atoms with E-state index in [4.69, 9.17) is 11.6 Å². The van der Waals surface area contributed by atoms with Gasteiger partial charge in [0.15, 0.2) is 6.29 Å². The van der Waals surface area contributed by atoms with Gasteiger partial charge in [-0.05, 0) is 36.6 Å². The number of hydrogen-bond acceptors (Lipinski definition) is 2. The van der Waals surface area contributed by atoms with E-state index in [9.17, 15) is 4.79 Å². The summed E-state index contributed by atoms with van der Waals surface area (Å²) in [4.78, 5) is 15.1. The van der Waals surface area contributed by atoms with Crippen LogP contribution in [0.5, 0.6) is 0 Å². The molecular weight excluding hydrogens is 222 g/mol. The van der Waals surface area contributed by atoms with Crippen LogP contribution >= 0.6 is 11.6 Å². The first-order chi connectivity index (χ1) is 7.67. The van der Waals surface area contributed by atoms with Crippen molar-refractivity contribution in [2.75, 3.05) is 0 Å². The van der Waals surface area contributed by atoms with Gasteiger partial charge in [-0.25, -0.2) is 4.98 Å². The summed E-state index contributed by atoms with van der Waals surface area (Å²) in [6.07, 6.45) is 1.73. The largest absolute Gasteiger partial charge is 0.298 e. The Morgan fingerprint density at radius 1 is 1.44 bits per heavy atom. The molecule has 2 rings (SSSR count). The molecule has 0 radical (unpaired) electrons.